The third-order valence-electron chi connectivity index (χ3n) is 4.53. The van der Waals surface area contributed by atoms with Crippen LogP contribution in [0.25, 0.3) is 10.9 Å². The Balaban J connectivity index is 1.51. The summed E-state index contributed by atoms with van der Waals surface area (Å²) in [5.41, 5.74) is 0.958. The molecule has 1 aliphatic heterocycles. The number of piperazine rings is 1. The maximum absolute atomic E-state index is 12.7. The van der Waals surface area contributed by atoms with Crippen molar-refractivity contribution in [3.8, 4) is 0 Å². The minimum atomic E-state index is -3.42. The Morgan fingerprint density at radius 3 is 2.20 bits per heavy atom. The molecular formula is C19H19N3O2S. The van der Waals surface area contributed by atoms with Gasteiger partial charge in [0.25, 0.3) is 0 Å². The maximum atomic E-state index is 12.7. The maximum Gasteiger partial charge on any atom is 0.243 e. The van der Waals surface area contributed by atoms with E-state index in [0.717, 1.165) is 16.7 Å². The van der Waals surface area contributed by atoms with Crippen molar-refractivity contribution in [2.45, 2.75) is 4.90 Å². The van der Waals surface area contributed by atoms with Gasteiger partial charge in [0.05, 0.1) is 10.4 Å². The molecule has 3 aromatic rings. The van der Waals surface area contributed by atoms with Crippen LogP contribution in [0.2, 0.25) is 0 Å². The first-order chi connectivity index (χ1) is 12.1. The molecule has 0 amide bonds. The number of pyridine rings is 1. The van der Waals surface area contributed by atoms with Crippen LogP contribution in [0.15, 0.2) is 71.6 Å². The van der Waals surface area contributed by atoms with Crippen LogP contribution in [0.1, 0.15) is 0 Å². The molecule has 0 atom stereocenters. The highest BCUT2D eigenvalue weighted by molar-refractivity contribution is 7.89. The van der Waals surface area contributed by atoms with Gasteiger partial charge < -0.3 is 4.90 Å². The van der Waals surface area contributed by atoms with Crippen LogP contribution in [0, 0.1) is 0 Å². The molecule has 6 heteroatoms. The summed E-state index contributed by atoms with van der Waals surface area (Å²) in [5.74, 6) is 0.899. The molecule has 1 aromatic heterocycles. The van der Waals surface area contributed by atoms with E-state index >= 15 is 0 Å². The molecule has 4 rings (SSSR count). The standard InChI is InChI=1S/C19H19N3O2S/c23-25(24,17-7-2-1-3-8-17)22-14-12-21(13-15-22)19-11-10-16-6-4-5-9-18(16)20-19/h1-11H,12-15H2. The molecule has 0 N–H and O–H groups in total. The molecule has 1 aliphatic rings. The van der Waals surface area contributed by atoms with E-state index in [1.807, 2.05) is 36.4 Å². The fraction of sp³-hybridized carbons (Fsp3) is 0.211. The Morgan fingerprint density at radius 1 is 0.760 bits per heavy atom. The second-order valence-electron chi connectivity index (χ2n) is 6.07. The number of rotatable bonds is 3. The van der Waals surface area contributed by atoms with E-state index in [0.29, 0.717) is 31.1 Å². The molecule has 0 bridgehead atoms. The zero-order chi connectivity index (χ0) is 17.3. The lowest BCUT2D eigenvalue weighted by Gasteiger charge is -2.34. The quantitative estimate of drug-likeness (QED) is 0.727. The molecular weight excluding hydrogens is 334 g/mol. The zero-order valence-electron chi connectivity index (χ0n) is 13.7. The van der Waals surface area contributed by atoms with E-state index in [1.54, 1.807) is 28.6 Å². The first-order valence-electron chi connectivity index (χ1n) is 8.30. The SMILES string of the molecule is O=S(=O)(c1ccccc1)N1CCN(c2ccc3ccccc3n2)CC1. The fourth-order valence-electron chi connectivity index (χ4n) is 3.13. The molecule has 25 heavy (non-hydrogen) atoms. The number of nitrogens with zero attached hydrogens (tertiary/aromatic N) is 3. The van der Waals surface area contributed by atoms with E-state index in [-0.39, 0.29) is 0 Å². The normalized spacial score (nSPS) is 16.2. The summed E-state index contributed by atoms with van der Waals surface area (Å²) in [6.45, 7) is 2.20. The molecule has 1 fully saturated rings. The fourth-order valence-corrected chi connectivity index (χ4v) is 4.57. The van der Waals surface area contributed by atoms with Gasteiger partial charge >= 0.3 is 0 Å². The van der Waals surface area contributed by atoms with Crippen molar-refractivity contribution in [2.75, 3.05) is 31.1 Å². The van der Waals surface area contributed by atoms with Crippen LogP contribution in [-0.2, 0) is 10.0 Å². The number of hydrogen-bond acceptors (Lipinski definition) is 4. The van der Waals surface area contributed by atoms with Crippen LogP contribution >= 0.6 is 0 Å². The number of hydrogen-bond donors (Lipinski definition) is 0. The number of fused-ring (bicyclic) bond motifs is 1. The van der Waals surface area contributed by atoms with E-state index in [1.165, 1.54) is 0 Å². The Labute approximate surface area is 147 Å². The Kier molecular flexibility index (Phi) is 4.15. The highest BCUT2D eigenvalue weighted by Crippen LogP contribution is 2.22. The van der Waals surface area contributed by atoms with E-state index in [4.69, 9.17) is 4.98 Å². The Hall–Kier alpha value is -2.44. The summed E-state index contributed by atoms with van der Waals surface area (Å²) in [6, 6.07) is 20.7. The molecule has 0 radical (unpaired) electrons. The second-order valence-corrected chi connectivity index (χ2v) is 8.00. The van der Waals surface area contributed by atoms with Gasteiger partial charge in [0.1, 0.15) is 5.82 Å². The summed E-state index contributed by atoms with van der Waals surface area (Å²) in [6.07, 6.45) is 0. The van der Waals surface area contributed by atoms with Gasteiger partial charge in [-0.1, -0.05) is 36.4 Å². The van der Waals surface area contributed by atoms with E-state index in [2.05, 4.69) is 11.0 Å². The molecule has 0 saturated carbocycles. The number of anilines is 1. The molecule has 0 unspecified atom stereocenters. The van der Waals surface area contributed by atoms with Gasteiger partial charge in [-0.2, -0.15) is 4.31 Å². The summed E-state index contributed by atoms with van der Waals surface area (Å²) in [7, 11) is -3.42. The first-order valence-corrected chi connectivity index (χ1v) is 9.74. The highest BCUT2D eigenvalue weighted by Gasteiger charge is 2.28. The van der Waals surface area contributed by atoms with Crippen molar-refractivity contribution in [1.82, 2.24) is 9.29 Å². The van der Waals surface area contributed by atoms with E-state index < -0.39 is 10.0 Å². The van der Waals surface area contributed by atoms with Crippen LogP contribution < -0.4 is 4.90 Å². The molecule has 128 valence electrons. The topological polar surface area (TPSA) is 53.5 Å². The predicted molar refractivity (Wildman–Crippen MR) is 99.2 cm³/mol. The van der Waals surface area contributed by atoms with Gasteiger partial charge in [-0.15, -0.1) is 0 Å². The van der Waals surface area contributed by atoms with Gasteiger partial charge in [-0.05, 0) is 30.3 Å². The molecule has 2 aromatic carbocycles. The van der Waals surface area contributed by atoms with Crippen LogP contribution in [0.4, 0.5) is 5.82 Å². The minimum Gasteiger partial charge on any atom is -0.354 e. The monoisotopic (exact) mass is 353 g/mol. The van der Waals surface area contributed by atoms with Crippen molar-refractivity contribution in [2.24, 2.45) is 0 Å². The number of benzene rings is 2. The molecule has 5 nitrogen and oxygen atoms in total. The lowest BCUT2D eigenvalue weighted by atomic mass is 10.2. The van der Waals surface area contributed by atoms with Crippen molar-refractivity contribution in [3.63, 3.8) is 0 Å². The largest absolute Gasteiger partial charge is 0.354 e. The van der Waals surface area contributed by atoms with Gasteiger partial charge in [-0.3, -0.25) is 0 Å². The number of para-hydroxylation sites is 1. The minimum absolute atomic E-state index is 0.354. The van der Waals surface area contributed by atoms with Crippen molar-refractivity contribution in [3.05, 3.63) is 66.7 Å². The summed E-state index contributed by atoms with van der Waals surface area (Å²) >= 11 is 0. The summed E-state index contributed by atoms with van der Waals surface area (Å²) in [5, 5.41) is 1.11. The molecule has 1 saturated heterocycles. The van der Waals surface area contributed by atoms with Gasteiger partial charge in [-0.25, -0.2) is 13.4 Å². The molecule has 2 heterocycles. The Bertz CT molecular complexity index is 982. The second kappa shape index (κ2) is 6.46. The van der Waals surface area contributed by atoms with Crippen molar-refractivity contribution in [1.29, 1.82) is 0 Å². The van der Waals surface area contributed by atoms with Crippen LogP contribution in [0.5, 0.6) is 0 Å². The summed E-state index contributed by atoms with van der Waals surface area (Å²) in [4.78, 5) is 7.20. The molecule has 0 spiro atoms. The lowest BCUT2D eigenvalue weighted by Crippen LogP contribution is -2.48. The van der Waals surface area contributed by atoms with Crippen LogP contribution in [-0.4, -0.2) is 43.9 Å². The highest BCUT2D eigenvalue weighted by atomic mass is 32.2. The first kappa shape index (κ1) is 16.1. The third-order valence-corrected chi connectivity index (χ3v) is 6.44. The average molecular weight is 353 g/mol. The van der Waals surface area contributed by atoms with E-state index in [9.17, 15) is 8.42 Å². The summed E-state index contributed by atoms with van der Waals surface area (Å²) < 4.78 is 26.9. The predicted octanol–water partition coefficient (Wildman–Crippen LogP) is 2.75. The average Bonchev–Trinajstić information content (AvgIpc) is 2.68. The van der Waals surface area contributed by atoms with Gasteiger partial charge in [0, 0.05) is 31.6 Å². The van der Waals surface area contributed by atoms with Gasteiger partial charge in [0.15, 0.2) is 0 Å². The smallest absolute Gasteiger partial charge is 0.243 e. The third kappa shape index (κ3) is 3.10. The van der Waals surface area contributed by atoms with Crippen molar-refractivity contribution < 1.29 is 8.42 Å². The van der Waals surface area contributed by atoms with Gasteiger partial charge in [0.2, 0.25) is 10.0 Å². The Morgan fingerprint density at radius 2 is 1.44 bits per heavy atom. The number of aromatic nitrogens is 1. The van der Waals surface area contributed by atoms with Crippen LogP contribution in [0.3, 0.4) is 0 Å². The molecule has 0 aliphatic carbocycles. The van der Waals surface area contributed by atoms with Crippen molar-refractivity contribution >= 4 is 26.7 Å². The zero-order valence-corrected chi connectivity index (χ0v) is 14.6. The number of sulfonamides is 1. The lowest BCUT2D eigenvalue weighted by molar-refractivity contribution is 0.384.